The number of carbonyl (C=O) groups excluding carboxylic acids is 1. The van der Waals surface area contributed by atoms with Crippen molar-refractivity contribution in [3.05, 3.63) is 0 Å². The van der Waals surface area contributed by atoms with E-state index in [0.29, 0.717) is 13.0 Å². The quantitative estimate of drug-likeness (QED) is 0.518. The second kappa shape index (κ2) is 12.7. The van der Waals surface area contributed by atoms with Crippen molar-refractivity contribution < 1.29 is 14.7 Å². The van der Waals surface area contributed by atoms with Gasteiger partial charge in [0.1, 0.15) is 6.04 Å². The van der Waals surface area contributed by atoms with Crippen LogP contribution in [-0.2, 0) is 9.59 Å². The predicted molar refractivity (Wildman–Crippen MR) is 86.3 cm³/mol. The SMILES string of the molecule is CCCCCCCCN(C(=O)CCCCC)[C@@H](C)C(=O)O. The van der Waals surface area contributed by atoms with E-state index in [0.717, 1.165) is 32.1 Å². The number of carbonyl (C=O) groups is 2. The molecule has 1 amide bonds. The van der Waals surface area contributed by atoms with Crippen molar-refractivity contribution >= 4 is 11.9 Å². The van der Waals surface area contributed by atoms with E-state index in [1.807, 2.05) is 0 Å². The van der Waals surface area contributed by atoms with Gasteiger partial charge < -0.3 is 10.0 Å². The Balaban J connectivity index is 4.20. The molecule has 4 heteroatoms. The van der Waals surface area contributed by atoms with Crippen molar-refractivity contribution in [1.29, 1.82) is 0 Å². The van der Waals surface area contributed by atoms with Gasteiger partial charge in [0.05, 0.1) is 0 Å². The third kappa shape index (κ3) is 9.48. The molecule has 0 radical (unpaired) electrons. The van der Waals surface area contributed by atoms with Crippen LogP contribution in [0.2, 0.25) is 0 Å². The third-order valence-corrected chi connectivity index (χ3v) is 3.89. The van der Waals surface area contributed by atoms with Crippen LogP contribution in [0, 0.1) is 0 Å². The highest BCUT2D eigenvalue weighted by atomic mass is 16.4. The first-order valence-electron chi connectivity index (χ1n) is 8.56. The number of unbranched alkanes of at least 4 members (excludes halogenated alkanes) is 7. The number of amides is 1. The van der Waals surface area contributed by atoms with E-state index in [1.165, 1.54) is 25.7 Å². The summed E-state index contributed by atoms with van der Waals surface area (Å²) in [6.45, 7) is 6.46. The van der Waals surface area contributed by atoms with E-state index >= 15 is 0 Å². The molecule has 0 saturated heterocycles. The zero-order chi connectivity index (χ0) is 16.1. The Morgan fingerprint density at radius 3 is 2.00 bits per heavy atom. The number of hydrogen-bond acceptors (Lipinski definition) is 2. The van der Waals surface area contributed by atoms with Gasteiger partial charge in [0, 0.05) is 13.0 Å². The molecular formula is C17H33NO3. The molecule has 124 valence electrons. The standard InChI is InChI=1S/C17H33NO3/c1-4-6-8-9-10-12-14-18(15(3)17(20)21)16(19)13-11-7-5-2/h15H,4-14H2,1-3H3,(H,20,21)/t15-/m0/s1. The van der Waals surface area contributed by atoms with Gasteiger partial charge >= 0.3 is 5.97 Å². The summed E-state index contributed by atoms with van der Waals surface area (Å²) in [5, 5.41) is 9.15. The van der Waals surface area contributed by atoms with Crippen LogP contribution in [0.4, 0.5) is 0 Å². The van der Waals surface area contributed by atoms with Crippen LogP contribution in [0.5, 0.6) is 0 Å². The summed E-state index contributed by atoms with van der Waals surface area (Å²) in [4.78, 5) is 24.9. The highest BCUT2D eigenvalue weighted by Gasteiger charge is 2.24. The van der Waals surface area contributed by atoms with Crippen molar-refractivity contribution in [3.63, 3.8) is 0 Å². The number of rotatable bonds is 13. The smallest absolute Gasteiger partial charge is 0.326 e. The van der Waals surface area contributed by atoms with Crippen LogP contribution in [0.3, 0.4) is 0 Å². The molecule has 0 heterocycles. The molecule has 0 aliphatic rings. The van der Waals surface area contributed by atoms with E-state index in [1.54, 1.807) is 11.8 Å². The number of carboxylic acid groups (broad SMARTS) is 1. The minimum atomic E-state index is -0.912. The highest BCUT2D eigenvalue weighted by molar-refractivity contribution is 5.83. The number of carboxylic acids is 1. The van der Waals surface area contributed by atoms with Crippen LogP contribution in [0.25, 0.3) is 0 Å². The first-order chi connectivity index (χ1) is 10.0. The molecular weight excluding hydrogens is 266 g/mol. The van der Waals surface area contributed by atoms with Crippen molar-refractivity contribution in [2.75, 3.05) is 6.54 Å². The summed E-state index contributed by atoms with van der Waals surface area (Å²) in [7, 11) is 0. The van der Waals surface area contributed by atoms with E-state index < -0.39 is 12.0 Å². The first-order valence-corrected chi connectivity index (χ1v) is 8.56. The van der Waals surface area contributed by atoms with Crippen molar-refractivity contribution in [1.82, 2.24) is 4.90 Å². The van der Waals surface area contributed by atoms with Gasteiger partial charge in [-0.05, 0) is 19.8 Å². The minimum absolute atomic E-state index is 0.00749. The molecule has 0 fully saturated rings. The Bertz CT molecular complexity index is 292. The van der Waals surface area contributed by atoms with Gasteiger partial charge in [-0.3, -0.25) is 4.79 Å². The summed E-state index contributed by atoms with van der Waals surface area (Å²) in [6, 6.07) is -0.713. The van der Waals surface area contributed by atoms with Crippen molar-refractivity contribution in [2.45, 2.75) is 91.0 Å². The fraction of sp³-hybridized carbons (Fsp3) is 0.882. The molecule has 0 bridgehead atoms. The van der Waals surface area contributed by atoms with Gasteiger partial charge in [-0.15, -0.1) is 0 Å². The average molecular weight is 299 g/mol. The van der Waals surface area contributed by atoms with Gasteiger partial charge in [-0.25, -0.2) is 4.79 Å². The van der Waals surface area contributed by atoms with Gasteiger partial charge in [0.25, 0.3) is 0 Å². The maximum Gasteiger partial charge on any atom is 0.326 e. The topological polar surface area (TPSA) is 57.6 Å². The van der Waals surface area contributed by atoms with Gasteiger partial charge in [-0.1, -0.05) is 58.8 Å². The van der Waals surface area contributed by atoms with Crippen LogP contribution in [0.15, 0.2) is 0 Å². The summed E-state index contributed by atoms with van der Waals surface area (Å²) in [5.41, 5.74) is 0. The van der Waals surface area contributed by atoms with Crippen LogP contribution in [-0.4, -0.2) is 34.5 Å². The summed E-state index contributed by atoms with van der Waals surface area (Å²) >= 11 is 0. The van der Waals surface area contributed by atoms with Crippen LogP contribution in [0.1, 0.15) is 85.0 Å². The first kappa shape index (κ1) is 19.9. The lowest BCUT2D eigenvalue weighted by Crippen LogP contribution is -2.43. The minimum Gasteiger partial charge on any atom is -0.480 e. The fourth-order valence-corrected chi connectivity index (χ4v) is 2.40. The normalized spacial score (nSPS) is 12.1. The van der Waals surface area contributed by atoms with Crippen molar-refractivity contribution in [3.8, 4) is 0 Å². The molecule has 1 atom stereocenters. The van der Waals surface area contributed by atoms with Crippen LogP contribution >= 0.6 is 0 Å². The average Bonchev–Trinajstić information content (AvgIpc) is 2.46. The molecule has 0 rings (SSSR count). The third-order valence-electron chi connectivity index (χ3n) is 3.89. The maximum atomic E-state index is 12.2. The maximum absolute atomic E-state index is 12.2. The Hall–Kier alpha value is -1.06. The molecule has 21 heavy (non-hydrogen) atoms. The van der Waals surface area contributed by atoms with Crippen molar-refractivity contribution in [2.24, 2.45) is 0 Å². The van der Waals surface area contributed by atoms with Gasteiger partial charge in [0.2, 0.25) is 5.91 Å². The van der Waals surface area contributed by atoms with E-state index in [9.17, 15) is 9.59 Å². The highest BCUT2D eigenvalue weighted by Crippen LogP contribution is 2.11. The lowest BCUT2D eigenvalue weighted by molar-refractivity contribution is -0.149. The molecule has 0 unspecified atom stereocenters. The monoisotopic (exact) mass is 299 g/mol. The fourth-order valence-electron chi connectivity index (χ4n) is 2.40. The number of hydrogen-bond donors (Lipinski definition) is 1. The van der Waals surface area contributed by atoms with Gasteiger partial charge in [-0.2, -0.15) is 0 Å². The summed E-state index contributed by atoms with van der Waals surface area (Å²) < 4.78 is 0. The van der Waals surface area contributed by atoms with Crippen LogP contribution < -0.4 is 0 Å². The molecule has 0 aromatic heterocycles. The van der Waals surface area contributed by atoms with Gasteiger partial charge in [0.15, 0.2) is 0 Å². The molecule has 0 aliphatic carbocycles. The Morgan fingerprint density at radius 2 is 1.43 bits per heavy atom. The molecule has 0 saturated carbocycles. The second-order valence-corrected chi connectivity index (χ2v) is 5.83. The molecule has 4 nitrogen and oxygen atoms in total. The molecule has 0 aromatic rings. The Kier molecular flexibility index (Phi) is 12.0. The van der Waals surface area contributed by atoms with E-state index in [-0.39, 0.29) is 5.91 Å². The molecule has 0 aromatic carbocycles. The molecule has 0 aliphatic heterocycles. The Labute approximate surface area is 129 Å². The Morgan fingerprint density at radius 1 is 0.905 bits per heavy atom. The summed E-state index contributed by atoms with van der Waals surface area (Å²) in [5.74, 6) is -0.920. The zero-order valence-corrected chi connectivity index (χ0v) is 14.1. The zero-order valence-electron chi connectivity index (χ0n) is 14.1. The largest absolute Gasteiger partial charge is 0.480 e. The number of nitrogens with zero attached hydrogens (tertiary/aromatic N) is 1. The second-order valence-electron chi connectivity index (χ2n) is 5.83. The summed E-state index contributed by atoms with van der Waals surface area (Å²) in [6.07, 6.45) is 10.3. The lowest BCUT2D eigenvalue weighted by Gasteiger charge is -2.26. The molecule has 1 N–H and O–H groups in total. The predicted octanol–water partition coefficient (Wildman–Crippen LogP) is 4.23. The molecule has 0 spiro atoms. The van der Waals surface area contributed by atoms with E-state index in [2.05, 4.69) is 13.8 Å². The number of aliphatic carboxylic acids is 1. The lowest BCUT2D eigenvalue weighted by atomic mass is 10.1. The van der Waals surface area contributed by atoms with E-state index in [4.69, 9.17) is 5.11 Å².